The van der Waals surface area contributed by atoms with Gasteiger partial charge in [0.2, 0.25) is 0 Å². The molecule has 0 spiro atoms. The second-order valence-corrected chi connectivity index (χ2v) is 17.4. The van der Waals surface area contributed by atoms with Crippen molar-refractivity contribution in [3.05, 3.63) is 24.3 Å². The topological polar surface area (TPSA) is 78.9 Å². The first-order valence-corrected chi connectivity index (χ1v) is 25.8. The predicted molar refractivity (Wildman–Crippen MR) is 252 cm³/mol. The second kappa shape index (κ2) is 48.6. The number of hydrogen-bond acceptors (Lipinski definition) is 6. The van der Waals surface area contributed by atoms with E-state index >= 15 is 0 Å². The largest absolute Gasteiger partial charge is 0.462 e. The molecule has 0 N–H and O–H groups in total. The molecule has 0 rings (SSSR count). The van der Waals surface area contributed by atoms with Crippen LogP contribution in [0, 0.1) is 0 Å². The fourth-order valence-electron chi connectivity index (χ4n) is 7.49. The number of esters is 3. The number of allylic oxidation sites excluding steroid dienone is 4. The summed E-state index contributed by atoms with van der Waals surface area (Å²) in [6.07, 6.45) is 54.4. The van der Waals surface area contributed by atoms with Gasteiger partial charge in [-0.2, -0.15) is 0 Å². The quantitative estimate of drug-likeness (QED) is 0.0263. The molecule has 0 bridgehead atoms. The first-order chi connectivity index (χ1) is 29.0. The molecular formula is C53H98O6. The Bertz CT molecular complexity index is 958. The van der Waals surface area contributed by atoms with Gasteiger partial charge in [0, 0.05) is 19.3 Å². The Kier molecular flexibility index (Phi) is 46.8. The lowest BCUT2D eigenvalue weighted by Gasteiger charge is -2.18. The summed E-state index contributed by atoms with van der Waals surface area (Å²) < 4.78 is 16.8. The highest BCUT2D eigenvalue weighted by molar-refractivity contribution is 5.71. The number of rotatable bonds is 47. The van der Waals surface area contributed by atoms with E-state index in [-0.39, 0.29) is 31.1 Å². The third-order valence-electron chi connectivity index (χ3n) is 11.4. The van der Waals surface area contributed by atoms with Crippen LogP contribution in [-0.4, -0.2) is 37.2 Å². The third-order valence-corrected chi connectivity index (χ3v) is 11.4. The number of unbranched alkanes of at least 4 members (excludes halogenated alkanes) is 32. The van der Waals surface area contributed by atoms with E-state index in [1.807, 2.05) is 0 Å². The summed E-state index contributed by atoms with van der Waals surface area (Å²) in [5.74, 6) is -0.874. The molecule has 1 atom stereocenters. The smallest absolute Gasteiger partial charge is 0.306 e. The van der Waals surface area contributed by atoms with Crippen molar-refractivity contribution in [1.29, 1.82) is 0 Å². The van der Waals surface area contributed by atoms with Gasteiger partial charge in [0.25, 0.3) is 0 Å². The number of hydrogen-bond donors (Lipinski definition) is 0. The molecule has 0 aromatic heterocycles. The van der Waals surface area contributed by atoms with Crippen LogP contribution in [0.3, 0.4) is 0 Å². The molecule has 6 nitrogen and oxygen atoms in total. The zero-order valence-corrected chi connectivity index (χ0v) is 39.5. The molecule has 0 fully saturated rings. The van der Waals surface area contributed by atoms with Gasteiger partial charge >= 0.3 is 17.9 Å². The van der Waals surface area contributed by atoms with Crippen molar-refractivity contribution in [3.63, 3.8) is 0 Å². The minimum atomic E-state index is -0.770. The Hall–Kier alpha value is -2.11. The predicted octanol–water partition coefficient (Wildman–Crippen LogP) is 16.8. The second-order valence-electron chi connectivity index (χ2n) is 17.4. The zero-order valence-electron chi connectivity index (χ0n) is 39.5. The molecule has 0 radical (unpaired) electrons. The molecule has 0 saturated heterocycles. The Morgan fingerprint density at radius 1 is 0.322 bits per heavy atom. The van der Waals surface area contributed by atoms with Crippen LogP contribution in [0.5, 0.6) is 0 Å². The average molecular weight is 831 g/mol. The van der Waals surface area contributed by atoms with Crippen LogP contribution >= 0.6 is 0 Å². The maximum absolute atomic E-state index is 12.8. The van der Waals surface area contributed by atoms with E-state index in [9.17, 15) is 14.4 Å². The fourth-order valence-corrected chi connectivity index (χ4v) is 7.49. The average Bonchev–Trinajstić information content (AvgIpc) is 3.23. The third kappa shape index (κ3) is 46.8. The Morgan fingerprint density at radius 3 is 0.864 bits per heavy atom. The van der Waals surface area contributed by atoms with Crippen LogP contribution in [0.4, 0.5) is 0 Å². The van der Waals surface area contributed by atoms with Crippen molar-refractivity contribution < 1.29 is 28.6 Å². The van der Waals surface area contributed by atoms with E-state index < -0.39 is 6.10 Å². The number of ether oxygens (including phenoxy) is 3. The van der Waals surface area contributed by atoms with Gasteiger partial charge in [-0.15, -0.1) is 0 Å². The minimum Gasteiger partial charge on any atom is -0.462 e. The highest BCUT2D eigenvalue weighted by Gasteiger charge is 2.19. The summed E-state index contributed by atoms with van der Waals surface area (Å²) in [7, 11) is 0. The van der Waals surface area contributed by atoms with Crippen molar-refractivity contribution in [2.24, 2.45) is 0 Å². The number of carbonyl (C=O) groups is 3. The summed E-state index contributed by atoms with van der Waals surface area (Å²) in [6, 6.07) is 0. The fraction of sp³-hybridized carbons (Fsp3) is 0.868. The van der Waals surface area contributed by atoms with Gasteiger partial charge in [0.15, 0.2) is 6.10 Å². The van der Waals surface area contributed by atoms with E-state index in [4.69, 9.17) is 14.2 Å². The first-order valence-electron chi connectivity index (χ1n) is 25.8. The van der Waals surface area contributed by atoms with Crippen LogP contribution in [-0.2, 0) is 28.6 Å². The van der Waals surface area contributed by atoms with Crippen LogP contribution in [0.2, 0.25) is 0 Å². The molecule has 0 amide bonds. The maximum atomic E-state index is 12.8. The van der Waals surface area contributed by atoms with Gasteiger partial charge in [0.1, 0.15) is 13.2 Å². The molecular weight excluding hydrogens is 733 g/mol. The highest BCUT2D eigenvalue weighted by atomic mass is 16.6. The molecule has 0 heterocycles. The monoisotopic (exact) mass is 831 g/mol. The molecule has 0 aromatic carbocycles. The Morgan fingerprint density at radius 2 is 0.559 bits per heavy atom. The van der Waals surface area contributed by atoms with E-state index in [2.05, 4.69) is 45.1 Å². The zero-order chi connectivity index (χ0) is 43.0. The summed E-state index contributed by atoms with van der Waals surface area (Å²) in [6.45, 7) is 6.62. The molecule has 346 valence electrons. The molecule has 59 heavy (non-hydrogen) atoms. The molecule has 0 aromatic rings. The van der Waals surface area contributed by atoms with Crippen LogP contribution in [0.15, 0.2) is 24.3 Å². The van der Waals surface area contributed by atoms with E-state index in [1.54, 1.807) is 0 Å². The molecule has 0 aliphatic rings. The molecule has 0 aliphatic heterocycles. The molecule has 0 unspecified atom stereocenters. The van der Waals surface area contributed by atoms with Gasteiger partial charge < -0.3 is 14.2 Å². The lowest BCUT2D eigenvalue weighted by Crippen LogP contribution is -2.30. The van der Waals surface area contributed by atoms with Crippen molar-refractivity contribution in [2.45, 2.75) is 284 Å². The highest BCUT2D eigenvalue weighted by Crippen LogP contribution is 2.15. The molecule has 0 saturated carbocycles. The van der Waals surface area contributed by atoms with Crippen LogP contribution in [0.1, 0.15) is 278 Å². The standard InChI is InChI=1S/C53H98O6/c1-4-7-10-13-16-19-22-24-26-28-31-33-36-39-42-45-51(54)57-48-50(59-53(56)47-44-41-38-35-30-21-18-15-12-9-6-3)49-58-52(55)46-43-40-37-34-32-29-27-25-23-20-17-14-11-8-5-2/h19,22,25,27,50H,4-18,20-21,23-24,26,28-49H2,1-3H3/b22-19-,27-25-/t50-/m0/s1. The van der Waals surface area contributed by atoms with E-state index in [1.165, 1.54) is 173 Å². The van der Waals surface area contributed by atoms with E-state index in [0.29, 0.717) is 19.3 Å². The normalized spacial score (nSPS) is 12.1. The van der Waals surface area contributed by atoms with E-state index in [0.717, 1.165) is 64.2 Å². The van der Waals surface area contributed by atoms with Crippen molar-refractivity contribution in [1.82, 2.24) is 0 Å². The van der Waals surface area contributed by atoms with Gasteiger partial charge in [-0.3, -0.25) is 14.4 Å². The molecule has 0 aliphatic carbocycles. The summed E-state index contributed by atoms with van der Waals surface area (Å²) in [5, 5.41) is 0. The van der Waals surface area contributed by atoms with Crippen LogP contribution in [0.25, 0.3) is 0 Å². The minimum absolute atomic E-state index is 0.0727. The lowest BCUT2D eigenvalue weighted by atomic mass is 10.1. The molecule has 6 heteroatoms. The Balaban J connectivity index is 4.33. The van der Waals surface area contributed by atoms with Gasteiger partial charge in [0.05, 0.1) is 0 Å². The van der Waals surface area contributed by atoms with Crippen molar-refractivity contribution in [2.75, 3.05) is 13.2 Å². The van der Waals surface area contributed by atoms with Gasteiger partial charge in [-0.05, 0) is 70.6 Å². The Labute approximate surface area is 366 Å². The number of carbonyl (C=O) groups excluding carboxylic acids is 3. The SMILES string of the molecule is CCCCCC/C=C\CCCCCCCCCC(=O)OC[C@@H](COC(=O)CCCCCCC/C=C\CCCCCCCC)OC(=O)CCCCCCCCCCCCC. The summed E-state index contributed by atoms with van der Waals surface area (Å²) >= 11 is 0. The van der Waals surface area contributed by atoms with Crippen molar-refractivity contribution in [3.8, 4) is 0 Å². The van der Waals surface area contributed by atoms with Crippen LogP contribution < -0.4 is 0 Å². The van der Waals surface area contributed by atoms with Crippen molar-refractivity contribution >= 4 is 17.9 Å². The summed E-state index contributed by atoms with van der Waals surface area (Å²) in [4.78, 5) is 37.9. The lowest BCUT2D eigenvalue weighted by molar-refractivity contribution is -0.167. The van der Waals surface area contributed by atoms with Gasteiger partial charge in [-0.1, -0.05) is 212 Å². The summed E-state index contributed by atoms with van der Waals surface area (Å²) in [5.41, 5.74) is 0. The first kappa shape index (κ1) is 56.9. The maximum Gasteiger partial charge on any atom is 0.306 e. The van der Waals surface area contributed by atoms with Gasteiger partial charge in [-0.25, -0.2) is 0 Å².